The van der Waals surface area contributed by atoms with Crippen molar-refractivity contribution < 1.29 is 32.7 Å². The van der Waals surface area contributed by atoms with E-state index in [1.54, 1.807) is 6.92 Å². The van der Waals surface area contributed by atoms with Gasteiger partial charge in [0.1, 0.15) is 5.69 Å². The van der Waals surface area contributed by atoms with E-state index in [0.717, 1.165) is 42.9 Å². The number of hydrogen-bond donors (Lipinski definition) is 1. The van der Waals surface area contributed by atoms with E-state index in [2.05, 4.69) is 10.1 Å². The molecule has 8 nitrogen and oxygen atoms in total. The quantitative estimate of drug-likeness (QED) is 0.342. The van der Waals surface area contributed by atoms with E-state index >= 15 is 0 Å². The first kappa shape index (κ1) is 30.8. The van der Waals surface area contributed by atoms with E-state index < -0.39 is 52.7 Å². The van der Waals surface area contributed by atoms with Gasteiger partial charge in [-0.3, -0.25) is 24.0 Å². The Morgan fingerprint density at radius 3 is 2.19 bits per heavy atom. The summed E-state index contributed by atoms with van der Waals surface area (Å²) in [6, 6.07) is -0.932. The van der Waals surface area contributed by atoms with Gasteiger partial charge in [-0.05, 0) is 50.9 Å². The molecule has 1 amide bonds. The summed E-state index contributed by atoms with van der Waals surface area (Å²) in [6.07, 6.45) is 4.03. The molecule has 0 aromatic carbocycles. The number of hydrogen-bond acceptors (Lipinski definition) is 5. The third kappa shape index (κ3) is 5.91. The second-order valence-corrected chi connectivity index (χ2v) is 13.0. The van der Waals surface area contributed by atoms with Crippen molar-refractivity contribution in [1.29, 1.82) is 0 Å². The van der Waals surface area contributed by atoms with Crippen molar-refractivity contribution >= 4 is 40.9 Å². The highest BCUT2D eigenvalue weighted by Gasteiger charge is 2.46. The molecule has 0 radical (unpaired) electrons. The number of ketones is 1. The number of carbonyl (C=O) groups is 3. The van der Waals surface area contributed by atoms with Gasteiger partial charge in [-0.2, -0.15) is 18.3 Å². The van der Waals surface area contributed by atoms with Crippen LogP contribution in [0.15, 0.2) is 18.5 Å². The molecule has 1 aliphatic heterocycles. The molecule has 3 fully saturated rings. The van der Waals surface area contributed by atoms with E-state index in [0.29, 0.717) is 12.3 Å². The SMILES string of the molecule is CC1(C(=O)O)CCC(n2nc(C(=O)N3C[C@H](C4CCCCC4)C[C@@H]3C(=O)c3c(Cl)cncc3Cl)cc2C(F)(F)F)CC1. The molecule has 2 atom stereocenters. The van der Waals surface area contributed by atoms with Crippen LogP contribution in [0.1, 0.15) is 104 Å². The molecule has 2 aliphatic carbocycles. The molecule has 3 aliphatic rings. The molecule has 2 aromatic heterocycles. The van der Waals surface area contributed by atoms with Crippen LogP contribution in [0.4, 0.5) is 13.2 Å². The van der Waals surface area contributed by atoms with Crippen molar-refractivity contribution in [2.45, 2.75) is 89.4 Å². The molecule has 1 N–H and O–H groups in total. The summed E-state index contributed by atoms with van der Waals surface area (Å²) in [5.74, 6) is -1.93. The van der Waals surface area contributed by atoms with Crippen molar-refractivity contribution in [3.63, 3.8) is 0 Å². The first-order valence-corrected chi connectivity index (χ1v) is 15.1. The minimum Gasteiger partial charge on any atom is -0.481 e. The van der Waals surface area contributed by atoms with E-state index in [4.69, 9.17) is 23.2 Å². The van der Waals surface area contributed by atoms with Gasteiger partial charge < -0.3 is 10.0 Å². The lowest BCUT2D eigenvalue weighted by Crippen LogP contribution is -2.41. The van der Waals surface area contributed by atoms with Crippen molar-refractivity contribution in [1.82, 2.24) is 19.7 Å². The summed E-state index contributed by atoms with van der Waals surface area (Å²) < 4.78 is 43.4. The summed E-state index contributed by atoms with van der Waals surface area (Å²) in [5.41, 5.74) is -2.46. The number of nitrogens with zero attached hydrogens (tertiary/aromatic N) is 4. The molecule has 2 aromatic rings. The van der Waals surface area contributed by atoms with Crippen molar-refractivity contribution in [2.24, 2.45) is 17.3 Å². The van der Waals surface area contributed by atoms with Crippen LogP contribution in [-0.4, -0.2) is 55.0 Å². The number of likely N-dealkylation sites (tertiary alicyclic amines) is 1. The largest absolute Gasteiger partial charge is 0.481 e. The summed E-state index contributed by atoms with van der Waals surface area (Å²) in [5, 5.41) is 13.8. The first-order chi connectivity index (χ1) is 19.8. The van der Waals surface area contributed by atoms with Crippen LogP contribution in [0.5, 0.6) is 0 Å². The normalized spacial score (nSPS) is 27.3. The maximum absolute atomic E-state index is 14.2. The number of rotatable bonds is 6. The van der Waals surface area contributed by atoms with Crippen molar-refractivity contribution in [2.75, 3.05) is 6.54 Å². The van der Waals surface area contributed by atoms with Gasteiger partial charge in [0.15, 0.2) is 11.5 Å². The molecule has 228 valence electrons. The first-order valence-electron chi connectivity index (χ1n) is 14.3. The smallest absolute Gasteiger partial charge is 0.433 e. The fraction of sp³-hybridized carbons (Fsp3) is 0.621. The summed E-state index contributed by atoms with van der Waals surface area (Å²) >= 11 is 12.6. The predicted molar refractivity (Wildman–Crippen MR) is 149 cm³/mol. The second kappa shape index (κ2) is 11.8. The Morgan fingerprint density at radius 2 is 1.62 bits per heavy atom. The fourth-order valence-corrected chi connectivity index (χ4v) is 7.49. The maximum Gasteiger partial charge on any atom is 0.433 e. The van der Waals surface area contributed by atoms with Crippen LogP contribution in [0.25, 0.3) is 0 Å². The zero-order valence-corrected chi connectivity index (χ0v) is 24.7. The van der Waals surface area contributed by atoms with Crippen molar-refractivity contribution in [3.05, 3.63) is 45.5 Å². The number of aromatic nitrogens is 3. The Bertz CT molecular complexity index is 1350. The van der Waals surface area contributed by atoms with Crippen LogP contribution in [-0.2, 0) is 11.0 Å². The molecule has 0 spiro atoms. The summed E-state index contributed by atoms with van der Waals surface area (Å²) in [7, 11) is 0. The number of Topliss-reactive ketones (excluding diaryl/α,β-unsaturated/α-hetero) is 1. The highest BCUT2D eigenvalue weighted by Crippen LogP contribution is 2.44. The fourth-order valence-electron chi connectivity index (χ4n) is 6.94. The van der Waals surface area contributed by atoms with E-state index in [1.165, 1.54) is 17.3 Å². The van der Waals surface area contributed by atoms with Gasteiger partial charge in [0, 0.05) is 25.0 Å². The second-order valence-electron chi connectivity index (χ2n) is 12.2. The molecule has 42 heavy (non-hydrogen) atoms. The lowest BCUT2D eigenvalue weighted by Gasteiger charge is -2.34. The molecule has 1 saturated heterocycles. The third-order valence-electron chi connectivity index (χ3n) is 9.48. The Labute approximate surface area is 251 Å². The van der Waals surface area contributed by atoms with Gasteiger partial charge in [0.2, 0.25) is 0 Å². The highest BCUT2D eigenvalue weighted by molar-refractivity contribution is 6.40. The average Bonchev–Trinajstić information content (AvgIpc) is 3.59. The molecule has 3 heterocycles. The van der Waals surface area contributed by atoms with Gasteiger partial charge in [0.05, 0.1) is 33.1 Å². The lowest BCUT2D eigenvalue weighted by molar-refractivity contribution is -0.152. The van der Waals surface area contributed by atoms with Gasteiger partial charge in [0.25, 0.3) is 5.91 Å². The zero-order valence-electron chi connectivity index (χ0n) is 23.2. The summed E-state index contributed by atoms with van der Waals surface area (Å²) in [6.45, 7) is 1.80. The molecular weight excluding hydrogens is 596 g/mol. The highest BCUT2D eigenvalue weighted by atomic mass is 35.5. The van der Waals surface area contributed by atoms with E-state index in [9.17, 15) is 32.7 Å². The number of amides is 1. The number of carboxylic acids is 1. The van der Waals surface area contributed by atoms with Crippen LogP contribution >= 0.6 is 23.2 Å². The number of carboxylic acid groups (broad SMARTS) is 1. The number of alkyl halides is 3. The average molecular weight is 630 g/mol. The summed E-state index contributed by atoms with van der Waals surface area (Å²) in [4.78, 5) is 44.6. The number of carbonyl (C=O) groups excluding carboxylic acids is 2. The van der Waals surface area contributed by atoms with Gasteiger partial charge >= 0.3 is 12.1 Å². The number of halogens is 5. The molecular formula is C29H33Cl2F3N4O4. The molecule has 0 unspecified atom stereocenters. The topological polar surface area (TPSA) is 105 Å². The van der Waals surface area contributed by atoms with Gasteiger partial charge in [-0.15, -0.1) is 0 Å². The predicted octanol–water partition coefficient (Wildman–Crippen LogP) is 7.10. The van der Waals surface area contributed by atoms with Crippen LogP contribution in [0, 0.1) is 17.3 Å². The Hall–Kier alpha value is -2.66. The maximum atomic E-state index is 14.2. The zero-order chi connectivity index (χ0) is 30.4. The minimum absolute atomic E-state index is 0.00111. The standard InChI is InChI=1S/C29H33Cl2F3N4O4/c1-28(27(41)42)9-7-18(8-10-28)38-23(29(32,33)34)12-21(36-38)26(40)37-15-17(16-5-3-2-4-6-16)11-22(37)25(39)24-19(30)13-35-14-20(24)31/h12-14,16-18,22H,2-11,15H2,1H3,(H,41,42)/t17-,18?,22-,28?/m1/s1. The van der Waals surface area contributed by atoms with Gasteiger partial charge in [-0.1, -0.05) is 55.3 Å². The molecule has 0 bridgehead atoms. The number of pyridine rings is 1. The molecule has 5 rings (SSSR count). The Kier molecular flexibility index (Phi) is 8.64. The van der Waals surface area contributed by atoms with Gasteiger partial charge in [-0.25, -0.2) is 0 Å². The van der Waals surface area contributed by atoms with Crippen LogP contribution in [0.2, 0.25) is 10.0 Å². The third-order valence-corrected chi connectivity index (χ3v) is 10.1. The Balaban J connectivity index is 1.47. The minimum atomic E-state index is -4.79. The van der Waals surface area contributed by atoms with Crippen LogP contribution in [0.3, 0.4) is 0 Å². The monoisotopic (exact) mass is 628 g/mol. The number of aliphatic carboxylic acids is 1. The van der Waals surface area contributed by atoms with E-state index in [1.807, 2.05) is 0 Å². The molecule has 13 heteroatoms. The molecule has 2 saturated carbocycles. The van der Waals surface area contributed by atoms with Crippen molar-refractivity contribution in [3.8, 4) is 0 Å². The van der Waals surface area contributed by atoms with Crippen LogP contribution < -0.4 is 0 Å². The Morgan fingerprint density at radius 1 is 1.00 bits per heavy atom. The van der Waals surface area contributed by atoms with E-state index in [-0.39, 0.29) is 53.8 Å². The lowest BCUT2D eigenvalue weighted by atomic mass is 9.74.